The van der Waals surface area contributed by atoms with E-state index in [0.29, 0.717) is 10.7 Å². The topological polar surface area (TPSA) is 63.8 Å². The van der Waals surface area contributed by atoms with Crippen LogP contribution in [0.15, 0.2) is 11.6 Å². The highest BCUT2D eigenvalue weighted by Crippen LogP contribution is 2.24. The number of aliphatic hydroxyl groups excluding tert-OH is 1. The lowest BCUT2D eigenvalue weighted by Crippen LogP contribution is -2.10. The van der Waals surface area contributed by atoms with Crippen molar-refractivity contribution < 1.29 is 5.11 Å². The van der Waals surface area contributed by atoms with Crippen LogP contribution in [0.4, 0.5) is 0 Å². The average Bonchev–Trinajstić information content (AvgIpc) is 2.87. The Bertz CT molecular complexity index is 465. The van der Waals surface area contributed by atoms with Crippen molar-refractivity contribution in [2.45, 2.75) is 32.9 Å². The maximum Gasteiger partial charge on any atom is 0.149 e. The Morgan fingerprint density at radius 2 is 2.38 bits per heavy atom. The van der Waals surface area contributed by atoms with Crippen LogP contribution < -0.4 is 0 Å². The summed E-state index contributed by atoms with van der Waals surface area (Å²) in [6, 6.07) is 0. The summed E-state index contributed by atoms with van der Waals surface area (Å²) < 4.78 is 1.72. The first-order valence-electron chi connectivity index (χ1n) is 5.21. The van der Waals surface area contributed by atoms with Gasteiger partial charge in [-0.05, 0) is 13.3 Å². The number of hydrogen-bond donors (Lipinski definition) is 1. The van der Waals surface area contributed by atoms with Gasteiger partial charge in [-0.1, -0.05) is 12.1 Å². The fourth-order valence-electron chi connectivity index (χ4n) is 1.49. The first kappa shape index (κ1) is 11.2. The van der Waals surface area contributed by atoms with Gasteiger partial charge in [0.05, 0.1) is 11.9 Å². The summed E-state index contributed by atoms with van der Waals surface area (Å²) in [6.45, 7) is 4.73. The van der Waals surface area contributed by atoms with Crippen molar-refractivity contribution in [1.29, 1.82) is 0 Å². The third-order valence-electron chi connectivity index (χ3n) is 2.23. The maximum atomic E-state index is 10.1. The van der Waals surface area contributed by atoms with Gasteiger partial charge in [0.2, 0.25) is 0 Å². The second-order valence-electron chi connectivity index (χ2n) is 3.61. The lowest BCUT2D eigenvalue weighted by Gasteiger charge is -2.08. The van der Waals surface area contributed by atoms with E-state index in [9.17, 15) is 5.11 Å². The number of aliphatic hydroxyl groups is 1. The number of hydrogen-bond acceptors (Lipinski definition) is 5. The number of nitrogens with zero attached hydrogens (tertiary/aromatic N) is 4. The van der Waals surface area contributed by atoms with Crippen molar-refractivity contribution in [1.82, 2.24) is 20.0 Å². The van der Waals surface area contributed by atoms with Crippen LogP contribution in [0.1, 0.15) is 35.8 Å². The predicted octanol–water partition coefficient (Wildman–Crippen LogP) is 1.53. The lowest BCUT2D eigenvalue weighted by atomic mass is 10.3. The van der Waals surface area contributed by atoms with Crippen LogP contribution in [0.3, 0.4) is 0 Å². The zero-order valence-electron chi connectivity index (χ0n) is 9.29. The minimum absolute atomic E-state index is 0.692. The van der Waals surface area contributed by atoms with Crippen LogP contribution in [-0.4, -0.2) is 25.1 Å². The van der Waals surface area contributed by atoms with Crippen LogP contribution in [-0.2, 0) is 6.54 Å². The molecule has 0 aromatic carbocycles. The van der Waals surface area contributed by atoms with Gasteiger partial charge >= 0.3 is 0 Å². The summed E-state index contributed by atoms with van der Waals surface area (Å²) in [5.74, 6) is 0. The number of thiazole rings is 1. The van der Waals surface area contributed by atoms with E-state index in [-0.39, 0.29) is 0 Å². The van der Waals surface area contributed by atoms with Crippen LogP contribution in [0, 0.1) is 6.92 Å². The van der Waals surface area contributed by atoms with Crippen LogP contribution in [0.25, 0.3) is 0 Å². The summed E-state index contributed by atoms with van der Waals surface area (Å²) in [5.41, 5.74) is 1.63. The maximum absolute atomic E-state index is 10.1. The Labute approximate surface area is 97.8 Å². The summed E-state index contributed by atoms with van der Waals surface area (Å²) in [7, 11) is 0. The molecule has 0 bridgehead atoms. The second-order valence-corrected chi connectivity index (χ2v) is 4.50. The molecule has 2 aromatic heterocycles. The van der Waals surface area contributed by atoms with Crippen molar-refractivity contribution in [2.75, 3.05) is 0 Å². The van der Waals surface area contributed by atoms with E-state index in [1.54, 1.807) is 10.9 Å². The smallest absolute Gasteiger partial charge is 0.149 e. The zero-order chi connectivity index (χ0) is 11.5. The van der Waals surface area contributed by atoms with Gasteiger partial charge in [-0.25, -0.2) is 9.67 Å². The largest absolute Gasteiger partial charge is 0.379 e. The molecule has 0 aliphatic carbocycles. The Kier molecular flexibility index (Phi) is 3.31. The first-order chi connectivity index (χ1) is 7.72. The molecule has 1 atom stereocenters. The van der Waals surface area contributed by atoms with Crippen molar-refractivity contribution in [3.05, 3.63) is 28.0 Å². The van der Waals surface area contributed by atoms with Crippen molar-refractivity contribution in [3.8, 4) is 0 Å². The molecule has 0 aliphatic rings. The molecule has 5 nitrogen and oxygen atoms in total. The molecule has 0 saturated carbocycles. The summed E-state index contributed by atoms with van der Waals surface area (Å²) in [4.78, 5) is 4.27. The third-order valence-corrected chi connectivity index (χ3v) is 3.25. The summed E-state index contributed by atoms with van der Waals surface area (Å²) in [5, 5.41) is 20.5. The molecule has 6 heteroatoms. The fourth-order valence-corrected chi connectivity index (χ4v) is 2.28. The highest BCUT2D eigenvalue weighted by Gasteiger charge is 2.18. The molecule has 2 heterocycles. The van der Waals surface area contributed by atoms with Crippen LogP contribution in [0.2, 0.25) is 0 Å². The van der Waals surface area contributed by atoms with E-state index in [2.05, 4.69) is 22.2 Å². The second kappa shape index (κ2) is 4.71. The van der Waals surface area contributed by atoms with Crippen LogP contribution in [0.5, 0.6) is 0 Å². The Morgan fingerprint density at radius 1 is 1.56 bits per heavy atom. The quantitative estimate of drug-likeness (QED) is 0.877. The van der Waals surface area contributed by atoms with Gasteiger partial charge in [0.15, 0.2) is 0 Å². The fraction of sp³-hybridized carbons (Fsp3) is 0.500. The highest BCUT2D eigenvalue weighted by atomic mass is 32.1. The molecule has 1 unspecified atom stereocenters. The normalized spacial score (nSPS) is 12.9. The van der Waals surface area contributed by atoms with Gasteiger partial charge in [0.25, 0.3) is 0 Å². The van der Waals surface area contributed by atoms with E-state index in [4.69, 9.17) is 0 Å². The predicted molar refractivity (Wildman–Crippen MR) is 61.2 cm³/mol. The standard InChI is InChI=1S/C10H14N4OS/c1-3-4-14-8(5-11-13-14)9(15)10-12-7(2)6-16-10/h5-6,9,15H,3-4H2,1-2H3. The summed E-state index contributed by atoms with van der Waals surface area (Å²) in [6.07, 6.45) is 1.83. The SMILES string of the molecule is CCCn1nncc1C(O)c1nc(C)cs1. The highest BCUT2D eigenvalue weighted by molar-refractivity contribution is 7.09. The molecule has 2 aromatic rings. The molecule has 0 saturated heterocycles. The number of aryl methyl sites for hydroxylation is 2. The molecule has 0 fully saturated rings. The van der Waals surface area contributed by atoms with Crippen molar-refractivity contribution in [3.63, 3.8) is 0 Å². The first-order valence-corrected chi connectivity index (χ1v) is 6.08. The molecular weight excluding hydrogens is 224 g/mol. The molecule has 0 amide bonds. The average molecular weight is 238 g/mol. The third kappa shape index (κ3) is 2.12. The minimum atomic E-state index is -0.722. The molecule has 0 radical (unpaired) electrons. The Morgan fingerprint density at radius 3 is 3.00 bits per heavy atom. The lowest BCUT2D eigenvalue weighted by molar-refractivity contribution is 0.206. The monoisotopic (exact) mass is 238 g/mol. The van der Waals surface area contributed by atoms with E-state index in [0.717, 1.165) is 18.7 Å². The van der Waals surface area contributed by atoms with Crippen molar-refractivity contribution in [2.24, 2.45) is 0 Å². The molecule has 0 aliphatic heterocycles. The molecule has 86 valence electrons. The summed E-state index contributed by atoms with van der Waals surface area (Å²) >= 11 is 1.45. The minimum Gasteiger partial charge on any atom is -0.379 e. The van der Waals surface area contributed by atoms with E-state index in [1.807, 2.05) is 12.3 Å². The Balaban J connectivity index is 2.26. The molecule has 2 rings (SSSR count). The van der Waals surface area contributed by atoms with E-state index in [1.165, 1.54) is 11.3 Å². The molecular formula is C10H14N4OS. The molecule has 0 spiro atoms. The van der Waals surface area contributed by atoms with Gasteiger partial charge < -0.3 is 5.11 Å². The van der Waals surface area contributed by atoms with E-state index >= 15 is 0 Å². The van der Waals surface area contributed by atoms with Gasteiger partial charge in [-0.2, -0.15) is 0 Å². The van der Waals surface area contributed by atoms with Crippen LogP contribution >= 0.6 is 11.3 Å². The van der Waals surface area contributed by atoms with Gasteiger partial charge in [0.1, 0.15) is 11.1 Å². The molecule has 1 N–H and O–H groups in total. The van der Waals surface area contributed by atoms with E-state index < -0.39 is 6.10 Å². The van der Waals surface area contributed by atoms with Crippen molar-refractivity contribution >= 4 is 11.3 Å². The van der Waals surface area contributed by atoms with Gasteiger partial charge in [-0.15, -0.1) is 16.4 Å². The van der Waals surface area contributed by atoms with Gasteiger partial charge in [-0.3, -0.25) is 0 Å². The number of aromatic nitrogens is 4. The molecule has 16 heavy (non-hydrogen) atoms. The van der Waals surface area contributed by atoms with Gasteiger partial charge in [0, 0.05) is 17.6 Å². The zero-order valence-corrected chi connectivity index (χ0v) is 10.1. The Hall–Kier alpha value is -1.27. The number of rotatable bonds is 4.